The molecule has 3 N–H and O–H groups in total. The van der Waals surface area contributed by atoms with Crippen LogP contribution in [0.1, 0.15) is 45.4 Å². The Hall–Kier alpha value is -2.04. The number of rotatable bonds is 9. The highest BCUT2D eigenvalue weighted by Gasteiger charge is 2.29. The minimum atomic E-state index is -3.69. The third-order valence-electron chi connectivity index (χ3n) is 6.18. The first-order chi connectivity index (χ1) is 15.2. The Labute approximate surface area is 188 Å². The van der Waals surface area contributed by atoms with Crippen molar-refractivity contribution in [1.82, 2.24) is 15.4 Å². The summed E-state index contributed by atoms with van der Waals surface area (Å²) in [5.41, 5.74) is 0. The fraction of sp³-hybridized carbons (Fsp3) is 0.636. The number of amides is 2. The summed E-state index contributed by atoms with van der Waals surface area (Å²) >= 11 is 0. The molecule has 3 rings (SSSR count). The van der Waals surface area contributed by atoms with Crippen molar-refractivity contribution in [3.8, 4) is 0 Å². The molecule has 0 bridgehead atoms. The number of sulfonamides is 1. The third kappa shape index (κ3) is 6.98. The lowest BCUT2D eigenvalue weighted by Crippen LogP contribution is -2.48. The second-order valence-electron chi connectivity index (χ2n) is 8.63. The highest BCUT2D eigenvalue weighted by Crippen LogP contribution is 2.29. The average Bonchev–Trinajstić information content (AvgIpc) is 3.30. The molecule has 2 amide bonds. The molecule has 0 aromatic heterocycles. The Balaban J connectivity index is 1.37. The first-order valence-corrected chi connectivity index (χ1v) is 12.7. The fourth-order valence-corrected chi connectivity index (χ4v) is 5.24. The fourth-order valence-electron chi connectivity index (χ4n) is 4.12. The molecule has 0 radical (unpaired) electrons. The normalized spacial score (nSPS) is 24.6. The highest BCUT2D eigenvalue weighted by atomic mass is 32.2. The number of halogens is 1. The molecule has 2 fully saturated rings. The molecule has 1 unspecified atom stereocenters. The molecular weight excluding hydrogens is 437 g/mol. The van der Waals surface area contributed by atoms with Gasteiger partial charge in [-0.05, 0) is 75.6 Å². The van der Waals surface area contributed by atoms with Crippen molar-refractivity contribution in [3.05, 3.63) is 30.1 Å². The summed E-state index contributed by atoms with van der Waals surface area (Å²) in [7, 11) is -3.69. The molecule has 1 aromatic rings. The summed E-state index contributed by atoms with van der Waals surface area (Å²) < 4.78 is 45.7. The standard InChI is InChI=1S/C22H32FN3O5S/c1-15(21(27)24-14-19-3-2-12-31-19)26-22(28)17-6-4-16(5-7-17)13-25-32(29,30)20-10-8-18(23)9-11-20/h8-11,15-17,19,25H,2-7,12-14H2,1H3,(H,24,27)(H,26,28)/t15-,16?,17?,19?/m0/s1. The summed E-state index contributed by atoms with van der Waals surface area (Å²) in [6.45, 7) is 3.12. The number of hydrogen-bond acceptors (Lipinski definition) is 5. The quantitative estimate of drug-likeness (QED) is 0.510. The zero-order chi connectivity index (χ0) is 23.1. The smallest absolute Gasteiger partial charge is 0.242 e. The lowest BCUT2D eigenvalue weighted by Gasteiger charge is -2.28. The van der Waals surface area contributed by atoms with Gasteiger partial charge in [0.2, 0.25) is 21.8 Å². The first-order valence-electron chi connectivity index (χ1n) is 11.2. The molecule has 10 heteroatoms. The van der Waals surface area contributed by atoms with E-state index in [-0.39, 0.29) is 41.2 Å². The second kappa shape index (κ2) is 11.2. The van der Waals surface area contributed by atoms with Crippen LogP contribution in [0.4, 0.5) is 4.39 Å². The summed E-state index contributed by atoms with van der Waals surface area (Å²) in [4.78, 5) is 24.8. The Morgan fingerprint density at radius 2 is 1.78 bits per heavy atom. The maximum absolute atomic E-state index is 13.0. The van der Waals surface area contributed by atoms with Crippen LogP contribution < -0.4 is 15.4 Å². The summed E-state index contributed by atoms with van der Waals surface area (Å²) in [5.74, 6) is -0.919. The predicted molar refractivity (Wildman–Crippen MR) is 117 cm³/mol. The van der Waals surface area contributed by atoms with Crippen LogP contribution in [0, 0.1) is 17.7 Å². The van der Waals surface area contributed by atoms with Gasteiger partial charge in [0.05, 0.1) is 11.0 Å². The lowest BCUT2D eigenvalue weighted by molar-refractivity contribution is -0.131. The van der Waals surface area contributed by atoms with E-state index < -0.39 is 21.9 Å². The van der Waals surface area contributed by atoms with Crippen molar-refractivity contribution < 1.29 is 27.1 Å². The SMILES string of the molecule is C[C@H](NC(=O)C1CCC(CNS(=O)(=O)c2ccc(F)cc2)CC1)C(=O)NCC1CCCO1. The maximum Gasteiger partial charge on any atom is 0.242 e. The van der Waals surface area contributed by atoms with Crippen molar-refractivity contribution in [2.45, 2.75) is 62.5 Å². The van der Waals surface area contributed by atoms with E-state index in [1.807, 2.05) is 0 Å². The summed E-state index contributed by atoms with van der Waals surface area (Å²) in [6.07, 6.45) is 4.69. The molecule has 32 heavy (non-hydrogen) atoms. The van der Waals surface area contributed by atoms with E-state index in [1.54, 1.807) is 6.92 Å². The molecule has 1 saturated heterocycles. The molecule has 1 aliphatic carbocycles. The Bertz CT molecular complexity index is 879. The molecule has 1 saturated carbocycles. The van der Waals surface area contributed by atoms with E-state index in [0.29, 0.717) is 32.2 Å². The molecule has 0 spiro atoms. The van der Waals surface area contributed by atoms with Crippen LogP contribution >= 0.6 is 0 Å². The lowest BCUT2D eigenvalue weighted by atomic mass is 9.81. The van der Waals surface area contributed by atoms with Gasteiger partial charge in [-0.15, -0.1) is 0 Å². The van der Waals surface area contributed by atoms with Crippen LogP contribution in [0.2, 0.25) is 0 Å². The largest absolute Gasteiger partial charge is 0.376 e. The van der Waals surface area contributed by atoms with E-state index in [0.717, 1.165) is 31.6 Å². The van der Waals surface area contributed by atoms with Crippen LogP contribution in [0.5, 0.6) is 0 Å². The summed E-state index contributed by atoms with van der Waals surface area (Å²) in [5, 5.41) is 5.61. The maximum atomic E-state index is 13.0. The van der Waals surface area contributed by atoms with E-state index in [1.165, 1.54) is 12.1 Å². The van der Waals surface area contributed by atoms with E-state index in [2.05, 4.69) is 15.4 Å². The first kappa shape index (κ1) is 24.6. The average molecular weight is 470 g/mol. The predicted octanol–water partition coefficient (Wildman–Crippen LogP) is 1.71. The van der Waals surface area contributed by atoms with Gasteiger partial charge >= 0.3 is 0 Å². The van der Waals surface area contributed by atoms with Crippen molar-refractivity contribution in [2.24, 2.45) is 11.8 Å². The molecule has 2 atom stereocenters. The third-order valence-corrected chi connectivity index (χ3v) is 7.62. The minimum absolute atomic E-state index is 0.0266. The van der Waals surface area contributed by atoms with E-state index >= 15 is 0 Å². The Morgan fingerprint density at radius 3 is 2.41 bits per heavy atom. The van der Waals surface area contributed by atoms with Gasteiger partial charge < -0.3 is 15.4 Å². The van der Waals surface area contributed by atoms with Crippen molar-refractivity contribution in [2.75, 3.05) is 19.7 Å². The van der Waals surface area contributed by atoms with Crippen LogP contribution in [0.15, 0.2) is 29.2 Å². The van der Waals surface area contributed by atoms with Gasteiger partial charge in [0.1, 0.15) is 11.9 Å². The van der Waals surface area contributed by atoms with E-state index in [4.69, 9.17) is 4.74 Å². The Morgan fingerprint density at radius 1 is 1.09 bits per heavy atom. The molecular formula is C22H32FN3O5S. The van der Waals surface area contributed by atoms with Gasteiger partial charge in [0.15, 0.2) is 0 Å². The minimum Gasteiger partial charge on any atom is -0.376 e. The number of hydrogen-bond donors (Lipinski definition) is 3. The summed E-state index contributed by atoms with van der Waals surface area (Å²) in [6, 6.07) is 4.07. The number of carbonyl (C=O) groups excluding carboxylic acids is 2. The van der Waals surface area contributed by atoms with Gasteiger partial charge in [0.25, 0.3) is 0 Å². The molecule has 1 aromatic carbocycles. The molecule has 1 aliphatic heterocycles. The van der Waals surface area contributed by atoms with E-state index in [9.17, 15) is 22.4 Å². The van der Waals surface area contributed by atoms with Gasteiger partial charge in [-0.3, -0.25) is 9.59 Å². The van der Waals surface area contributed by atoms with Crippen LogP contribution in [0.25, 0.3) is 0 Å². The van der Waals surface area contributed by atoms with Gasteiger partial charge in [-0.25, -0.2) is 17.5 Å². The molecule has 8 nitrogen and oxygen atoms in total. The molecule has 178 valence electrons. The molecule has 2 aliphatic rings. The van der Waals surface area contributed by atoms with Crippen LogP contribution in [0.3, 0.4) is 0 Å². The topological polar surface area (TPSA) is 114 Å². The number of ether oxygens (including phenoxy) is 1. The zero-order valence-electron chi connectivity index (χ0n) is 18.3. The Kier molecular flexibility index (Phi) is 8.61. The zero-order valence-corrected chi connectivity index (χ0v) is 19.1. The van der Waals surface area contributed by atoms with Gasteiger partial charge in [-0.1, -0.05) is 0 Å². The second-order valence-corrected chi connectivity index (χ2v) is 10.4. The highest BCUT2D eigenvalue weighted by molar-refractivity contribution is 7.89. The monoisotopic (exact) mass is 469 g/mol. The number of nitrogens with one attached hydrogen (secondary N) is 3. The number of benzene rings is 1. The van der Waals surface area contributed by atoms with Gasteiger partial charge in [-0.2, -0.15) is 0 Å². The van der Waals surface area contributed by atoms with Crippen LogP contribution in [-0.2, 0) is 24.3 Å². The van der Waals surface area contributed by atoms with Crippen molar-refractivity contribution in [1.29, 1.82) is 0 Å². The van der Waals surface area contributed by atoms with Crippen molar-refractivity contribution in [3.63, 3.8) is 0 Å². The van der Waals surface area contributed by atoms with Crippen molar-refractivity contribution >= 4 is 21.8 Å². The number of carbonyl (C=O) groups is 2. The molecule has 1 heterocycles. The van der Waals surface area contributed by atoms with Gasteiger partial charge in [0, 0.05) is 25.6 Å². The van der Waals surface area contributed by atoms with Crippen LogP contribution in [-0.4, -0.2) is 52.1 Å².